The number of amides is 1. The predicted octanol–water partition coefficient (Wildman–Crippen LogP) is 2.44. The minimum Gasteiger partial charge on any atom is -0.287 e. The molecular weight excluding hydrogens is 236 g/mol. The monoisotopic (exact) mass is 259 g/mol. The highest BCUT2D eigenvalue weighted by atomic mass is 16.2. The largest absolute Gasteiger partial charge is 0.346 e. The molecule has 2 heterocycles. The number of nitrogens with zero attached hydrogens (tertiary/aromatic N) is 2. The van der Waals surface area contributed by atoms with Gasteiger partial charge in [-0.2, -0.15) is 0 Å². The summed E-state index contributed by atoms with van der Waals surface area (Å²) >= 11 is 0. The van der Waals surface area contributed by atoms with Crippen molar-refractivity contribution in [3.05, 3.63) is 35.4 Å². The highest BCUT2D eigenvalue weighted by molar-refractivity contribution is 5.93. The van der Waals surface area contributed by atoms with E-state index in [1.54, 1.807) is 0 Å². The Balaban J connectivity index is 2.02. The van der Waals surface area contributed by atoms with E-state index in [1.165, 1.54) is 5.56 Å². The molecule has 2 atom stereocenters. The summed E-state index contributed by atoms with van der Waals surface area (Å²) in [5, 5.41) is 0. The van der Waals surface area contributed by atoms with Gasteiger partial charge in [0.05, 0.1) is 25.7 Å². The van der Waals surface area contributed by atoms with E-state index in [0.29, 0.717) is 16.4 Å². The van der Waals surface area contributed by atoms with E-state index in [0.717, 1.165) is 25.2 Å². The second-order valence-corrected chi connectivity index (χ2v) is 7.02. The van der Waals surface area contributed by atoms with Crippen molar-refractivity contribution in [2.75, 3.05) is 26.7 Å². The first-order valence-corrected chi connectivity index (χ1v) is 7.08. The third-order valence-corrected chi connectivity index (χ3v) is 4.88. The summed E-state index contributed by atoms with van der Waals surface area (Å²) in [5.74, 6) is 0.300. The van der Waals surface area contributed by atoms with Crippen molar-refractivity contribution in [2.24, 2.45) is 0 Å². The van der Waals surface area contributed by atoms with E-state index >= 15 is 0 Å². The zero-order valence-corrected chi connectivity index (χ0v) is 12.3. The van der Waals surface area contributed by atoms with Crippen molar-refractivity contribution in [1.82, 2.24) is 4.90 Å². The van der Waals surface area contributed by atoms with Crippen molar-refractivity contribution < 1.29 is 9.28 Å². The van der Waals surface area contributed by atoms with Gasteiger partial charge in [-0.15, -0.1) is 0 Å². The highest BCUT2D eigenvalue weighted by Gasteiger charge is 2.53. The van der Waals surface area contributed by atoms with Crippen LogP contribution in [0.3, 0.4) is 0 Å². The Hall–Kier alpha value is -1.19. The molecule has 0 bridgehead atoms. The molecule has 2 unspecified atom stereocenters. The summed E-state index contributed by atoms with van der Waals surface area (Å²) < 4.78 is 0.561. The van der Waals surface area contributed by atoms with Crippen LogP contribution in [0, 0.1) is 0 Å². The standard InChI is InChI=1S/C16H23N2O/c1-16(2,3)17-9-10-18(4)14(11-17)12-7-5-6-8-13(12)15(18)19/h5-8,14H,9-11H2,1-4H3/q+1. The molecule has 19 heavy (non-hydrogen) atoms. The van der Waals surface area contributed by atoms with E-state index in [9.17, 15) is 4.79 Å². The van der Waals surface area contributed by atoms with Gasteiger partial charge in [0, 0.05) is 17.6 Å². The normalized spacial score (nSPS) is 31.2. The smallest absolute Gasteiger partial charge is 0.287 e. The summed E-state index contributed by atoms with van der Waals surface area (Å²) in [6.07, 6.45) is 0. The quantitative estimate of drug-likeness (QED) is 0.667. The van der Waals surface area contributed by atoms with Crippen LogP contribution in [0.4, 0.5) is 0 Å². The van der Waals surface area contributed by atoms with Crippen LogP contribution in [0.25, 0.3) is 0 Å². The maximum absolute atomic E-state index is 12.7. The second-order valence-electron chi connectivity index (χ2n) is 7.02. The van der Waals surface area contributed by atoms with E-state index in [4.69, 9.17) is 0 Å². The Morgan fingerprint density at radius 1 is 1.26 bits per heavy atom. The number of piperazine rings is 1. The summed E-state index contributed by atoms with van der Waals surface area (Å²) in [7, 11) is 2.10. The van der Waals surface area contributed by atoms with Gasteiger partial charge in [-0.25, -0.2) is 4.79 Å². The molecule has 3 rings (SSSR count). The van der Waals surface area contributed by atoms with Gasteiger partial charge in [0.15, 0.2) is 0 Å². The van der Waals surface area contributed by atoms with Crippen LogP contribution in [0.1, 0.15) is 42.7 Å². The molecule has 0 aliphatic carbocycles. The number of benzene rings is 1. The van der Waals surface area contributed by atoms with Crippen LogP contribution in [0.5, 0.6) is 0 Å². The van der Waals surface area contributed by atoms with Gasteiger partial charge < -0.3 is 0 Å². The van der Waals surface area contributed by atoms with Crippen LogP contribution in [0.2, 0.25) is 0 Å². The van der Waals surface area contributed by atoms with Crippen LogP contribution in [-0.2, 0) is 0 Å². The SMILES string of the molecule is CC(C)(C)N1CC[N+]2(C)C(=O)c3ccccc3C2C1. The Kier molecular flexibility index (Phi) is 2.63. The van der Waals surface area contributed by atoms with Gasteiger partial charge in [0.25, 0.3) is 0 Å². The second kappa shape index (κ2) is 3.90. The molecule has 102 valence electrons. The molecule has 1 fully saturated rings. The Morgan fingerprint density at radius 3 is 2.63 bits per heavy atom. The number of carbonyl (C=O) groups is 1. The van der Waals surface area contributed by atoms with Crippen molar-refractivity contribution in [1.29, 1.82) is 0 Å². The lowest BCUT2D eigenvalue weighted by molar-refractivity contribution is -0.862. The number of rotatable bonds is 0. The van der Waals surface area contributed by atoms with Gasteiger partial charge in [-0.05, 0) is 26.8 Å². The number of likely N-dealkylation sites (N-methyl/N-ethyl adjacent to an activating group) is 1. The van der Waals surface area contributed by atoms with Crippen LogP contribution in [0.15, 0.2) is 24.3 Å². The zero-order chi connectivity index (χ0) is 13.8. The van der Waals surface area contributed by atoms with Gasteiger partial charge in [0.1, 0.15) is 6.04 Å². The number of carbonyl (C=O) groups excluding carboxylic acids is 1. The molecule has 0 saturated carbocycles. The summed E-state index contributed by atoms with van der Waals surface area (Å²) in [6.45, 7) is 9.65. The maximum atomic E-state index is 12.7. The maximum Gasteiger partial charge on any atom is 0.346 e. The minimum atomic E-state index is 0.172. The molecule has 3 heteroatoms. The molecule has 0 aromatic heterocycles. The lowest BCUT2D eigenvalue weighted by Gasteiger charge is -2.47. The molecular formula is C16H23N2O+. The van der Waals surface area contributed by atoms with Crippen LogP contribution < -0.4 is 0 Å². The van der Waals surface area contributed by atoms with E-state index in [-0.39, 0.29) is 5.54 Å². The third-order valence-electron chi connectivity index (χ3n) is 4.88. The van der Waals surface area contributed by atoms with Gasteiger partial charge in [-0.3, -0.25) is 9.38 Å². The van der Waals surface area contributed by atoms with Crippen molar-refractivity contribution in [2.45, 2.75) is 32.4 Å². The highest BCUT2D eigenvalue weighted by Crippen LogP contribution is 2.42. The summed E-state index contributed by atoms with van der Waals surface area (Å²) in [5.41, 5.74) is 2.35. The molecule has 1 aromatic carbocycles. The molecule has 1 amide bonds. The first-order valence-electron chi connectivity index (χ1n) is 7.08. The molecule has 0 N–H and O–H groups in total. The molecule has 2 aliphatic rings. The minimum absolute atomic E-state index is 0.172. The third kappa shape index (κ3) is 1.76. The first-order chi connectivity index (χ1) is 8.84. The molecule has 1 aromatic rings. The Morgan fingerprint density at radius 2 is 1.95 bits per heavy atom. The summed E-state index contributed by atoms with van der Waals surface area (Å²) in [6, 6.07) is 8.45. The average Bonchev–Trinajstić information content (AvgIpc) is 2.58. The van der Waals surface area contributed by atoms with Gasteiger partial charge in [-0.1, -0.05) is 18.2 Å². The molecule has 2 aliphatic heterocycles. The fraction of sp³-hybridized carbons (Fsp3) is 0.562. The molecule has 1 saturated heterocycles. The lowest BCUT2D eigenvalue weighted by atomic mass is 9.98. The molecule has 0 radical (unpaired) electrons. The average molecular weight is 259 g/mol. The van der Waals surface area contributed by atoms with E-state index < -0.39 is 0 Å². The predicted molar refractivity (Wildman–Crippen MR) is 75.9 cm³/mol. The first kappa shape index (κ1) is 12.8. The number of hydrogen-bond donors (Lipinski definition) is 0. The fourth-order valence-corrected chi connectivity index (χ4v) is 3.48. The lowest BCUT2D eigenvalue weighted by Crippen LogP contribution is -2.61. The Labute approximate surface area is 115 Å². The van der Waals surface area contributed by atoms with Crippen molar-refractivity contribution >= 4 is 5.91 Å². The van der Waals surface area contributed by atoms with Gasteiger partial charge in [0.2, 0.25) is 0 Å². The van der Waals surface area contributed by atoms with E-state index in [1.807, 2.05) is 12.1 Å². The number of fused-ring (bicyclic) bond motifs is 3. The Bertz CT molecular complexity index is 532. The van der Waals surface area contributed by atoms with Crippen molar-refractivity contribution in [3.63, 3.8) is 0 Å². The zero-order valence-electron chi connectivity index (χ0n) is 12.3. The molecule has 0 spiro atoms. The topological polar surface area (TPSA) is 20.3 Å². The van der Waals surface area contributed by atoms with Crippen LogP contribution in [-0.4, -0.2) is 47.5 Å². The summed E-state index contributed by atoms with van der Waals surface area (Å²) in [4.78, 5) is 15.2. The molecule has 3 nitrogen and oxygen atoms in total. The van der Waals surface area contributed by atoms with Crippen LogP contribution >= 0.6 is 0 Å². The fourth-order valence-electron chi connectivity index (χ4n) is 3.48. The van der Waals surface area contributed by atoms with Gasteiger partial charge >= 0.3 is 5.91 Å². The number of hydrogen-bond acceptors (Lipinski definition) is 2. The van der Waals surface area contributed by atoms with Crippen molar-refractivity contribution in [3.8, 4) is 0 Å². The van der Waals surface area contributed by atoms with E-state index in [2.05, 4.69) is 44.9 Å². The number of quaternary nitrogens is 1.